The van der Waals surface area contributed by atoms with Crippen LogP contribution < -0.4 is 0 Å². The van der Waals surface area contributed by atoms with Gasteiger partial charge in [0.05, 0.1) is 0 Å². The van der Waals surface area contributed by atoms with Crippen molar-refractivity contribution >= 4 is 5.97 Å². The van der Waals surface area contributed by atoms with E-state index in [2.05, 4.69) is 4.98 Å². The molecule has 4 rings (SSSR count). The Hall–Kier alpha value is -1.45. The van der Waals surface area contributed by atoms with E-state index in [1.54, 1.807) is 18.3 Å². The summed E-state index contributed by atoms with van der Waals surface area (Å²) in [6.45, 7) is 7.35. The summed E-state index contributed by atoms with van der Waals surface area (Å²) < 4.78 is 35.1. The second kappa shape index (κ2) is 5.78. The maximum atomic E-state index is 12.1. The predicted octanol–water partition coefficient (Wildman–Crippen LogP) is 1.57. The average Bonchev–Trinajstić information content (AvgIpc) is 3.19. The number of fused-ring (bicyclic) bond motifs is 3. The highest BCUT2D eigenvalue weighted by Gasteiger charge is 2.60. The molecule has 3 aliphatic heterocycles. The summed E-state index contributed by atoms with van der Waals surface area (Å²) in [5.74, 6) is -1.99. The molecule has 3 fully saturated rings. The minimum absolute atomic E-state index is 0.0332. The van der Waals surface area contributed by atoms with Gasteiger partial charge < -0.3 is 33.4 Å². The summed E-state index contributed by atoms with van der Waals surface area (Å²) in [6, 6.07) is 3.38. The molecule has 5 unspecified atom stereocenters. The topological polar surface area (TPSA) is 88.2 Å². The maximum Gasteiger partial charge on any atom is 0.354 e. The van der Waals surface area contributed by atoms with E-state index in [0.29, 0.717) is 5.69 Å². The fourth-order valence-electron chi connectivity index (χ4n) is 3.52. The Kier molecular flexibility index (Phi) is 3.93. The first-order valence-electron chi connectivity index (χ1n) is 8.41. The van der Waals surface area contributed by atoms with Gasteiger partial charge in [-0.1, -0.05) is 0 Å². The van der Waals surface area contributed by atoms with Gasteiger partial charge in [-0.15, -0.1) is 0 Å². The number of aromatic amines is 1. The van der Waals surface area contributed by atoms with Crippen LogP contribution in [0.3, 0.4) is 0 Å². The highest BCUT2D eigenvalue weighted by atomic mass is 16.9. The van der Waals surface area contributed by atoms with Crippen molar-refractivity contribution in [3.8, 4) is 0 Å². The lowest BCUT2D eigenvalue weighted by atomic mass is 9.99. The minimum Gasteiger partial charge on any atom is -0.458 e. The average molecular weight is 353 g/mol. The SMILES string of the molecule is CC1(C)OC2OC(COC(=O)c3ccc[nH]3)C3OC(C)(C)OC3C2O1. The monoisotopic (exact) mass is 353 g/mol. The summed E-state index contributed by atoms with van der Waals surface area (Å²) in [5, 5.41) is 0. The van der Waals surface area contributed by atoms with Crippen molar-refractivity contribution in [2.45, 2.75) is 70.0 Å². The lowest BCUT2D eigenvalue weighted by Crippen LogP contribution is -2.56. The summed E-state index contributed by atoms with van der Waals surface area (Å²) in [4.78, 5) is 14.9. The number of esters is 1. The Morgan fingerprint density at radius 1 is 1.08 bits per heavy atom. The number of carbonyl (C=O) groups is 1. The zero-order chi connectivity index (χ0) is 17.8. The van der Waals surface area contributed by atoms with Gasteiger partial charge in [0.2, 0.25) is 0 Å². The first-order chi connectivity index (χ1) is 11.7. The zero-order valence-electron chi connectivity index (χ0n) is 14.7. The predicted molar refractivity (Wildman–Crippen MR) is 83.6 cm³/mol. The molecule has 8 nitrogen and oxygen atoms in total. The van der Waals surface area contributed by atoms with Crippen LogP contribution in [-0.2, 0) is 28.4 Å². The highest BCUT2D eigenvalue weighted by molar-refractivity contribution is 5.87. The molecule has 3 saturated heterocycles. The van der Waals surface area contributed by atoms with Crippen LogP contribution in [0.5, 0.6) is 0 Å². The number of hydrogen-bond acceptors (Lipinski definition) is 7. The molecule has 0 aliphatic carbocycles. The van der Waals surface area contributed by atoms with Crippen molar-refractivity contribution in [3.63, 3.8) is 0 Å². The molecule has 138 valence electrons. The van der Waals surface area contributed by atoms with Gasteiger partial charge in [-0.2, -0.15) is 0 Å². The number of nitrogens with one attached hydrogen (secondary N) is 1. The third kappa shape index (κ3) is 3.20. The van der Waals surface area contributed by atoms with Crippen LogP contribution in [0.2, 0.25) is 0 Å². The third-order valence-electron chi connectivity index (χ3n) is 4.45. The smallest absolute Gasteiger partial charge is 0.354 e. The van der Waals surface area contributed by atoms with Crippen molar-refractivity contribution in [1.82, 2.24) is 4.98 Å². The van der Waals surface area contributed by atoms with Crippen LogP contribution in [0.4, 0.5) is 0 Å². The van der Waals surface area contributed by atoms with E-state index >= 15 is 0 Å². The van der Waals surface area contributed by atoms with E-state index in [0.717, 1.165) is 0 Å². The summed E-state index contributed by atoms with van der Waals surface area (Å²) >= 11 is 0. The van der Waals surface area contributed by atoms with Crippen LogP contribution in [-0.4, -0.2) is 59.8 Å². The van der Waals surface area contributed by atoms with Crippen molar-refractivity contribution < 1.29 is 33.2 Å². The molecule has 1 aromatic rings. The molecule has 8 heteroatoms. The summed E-state index contributed by atoms with van der Waals surface area (Å²) in [7, 11) is 0. The van der Waals surface area contributed by atoms with Crippen molar-refractivity contribution in [2.75, 3.05) is 6.61 Å². The van der Waals surface area contributed by atoms with E-state index in [9.17, 15) is 4.79 Å². The van der Waals surface area contributed by atoms with Crippen molar-refractivity contribution in [1.29, 1.82) is 0 Å². The van der Waals surface area contributed by atoms with E-state index < -0.39 is 42.1 Å². The molecule has 5 atom stereocenters. The molecule has 4 heterocycles. The Balaban J connectivity index is 1.49. The molecule has 0 amide bonds. The normalized spacial score (nSPS) is 38.2. The lowest BCUT2D eigenvalue weighted by Gasteiger charge is -2.36. The van der Waals surface area contributed by atoms with Crippen LogP contribution >= 0.6 is 0 Å². The van der Waals surface area contributed by atoms with Gasteiger partial charge in [0.15, 0.2) is 17.9 Å². The van der Waals surface area contributed by atoms with Crippen molar-refractivity contribution in [2.24, 2.45) is 0 Å². The number of rotatable bonds is 3. The number of aromatic nitrogens is 1. The van der Waals surface area contributed by atoms with Gasteiger partial charge in [0.25, 0.3) is 0 Å². The molecule has 0 spiro atoms. The Morgan fingerprint density at radius 2 is 1.76 bits per heavy atom. The minimum atomic E-state index is -0.772. The maximum absolute atomic E-state index is 12.1. The van der Waals surface area contributed by atoms with Gasteiger partial charge in [0.1, 0.15) is 36.7 Å². The Morgan fingerprint density at radius 3 is 2.48 bits per heavy atom. The molecule has 0 bridgehead atoms. The van der Waals surface area contributed by atoms with Crippen LogP contribution in [0, 0.1) is 0 Å². The molecule has 1 N–H and O–H groups in total. The zero-order valence-corrected chi connectivity index (χ0v) is 14.7. The lowest BCUT2D eigenvalue weighted by molar-refractivity contribution is -0.240. The fraction of sp³-hybridized carbons (Fsp3) is 0.706. The van der Waals surface area contributed by atoms with Gasteiger partial charge >= 0.3 is 5.97 Å². The molecule has 1 aromatic heterocycles. The molecule has 25 heavy (non-hydrogen) atoms. The van der Waals surface area contributed by atoms with Crippen LogP contribution in [0.15, 0.2) is 18.3 Å². The number of ether oxygens (including phenoxy) is 6. The molecular formula is C17H23NO7. The number of H-pyrrole nitrogens is 1. The van der Waals surface area contributed by atoms with Gasteiger partial charge in [-0.3, -0.25) is 0 Å². The molecule has 3 aliphatic rings. The first kappa shape index (κ1) is 17.0. The van der Waals surface area contributed by atoms with Crippen LogP contribution in [0.1, 0.15) is 38.2 Å². The second-order valence-corrected chi connectivity index (χ2v) is 7.39. The van der Waals surface area contributed by atoms with Gasteiger partial charge in [0, 0.05) is 6.20 Å². The Bertz CT molecular complexity index is 641. The highest BCUT2D eigenvalue weighted by Crippen LogP contribution is 2.44. The third-order valence-corrected chi connectivity index (χ3v) is 4.45. The van der Waals surface area contributed by atoms with E-state index in [1.165, 1.54) is 0 Å². The van der Waals surface area contributed by atoms with Crippen molar-refractivity contribution in [3.05, 3.63) is 24.0 Å². The standard InChI is InChI=1S/C17H23NO7/c1-16(2)22-11-10(8-20-14(19)9-6-5-7-18-9)21-15-13(12(11)23-16)24-17(3,4)25-15/h5-7,10-13,15,18H,8H2,1-4H3. The van der Waals surface area contributed by atoms with Gasteiger partial charge in [-0.05, 0) is 39.8 Å². The summed E-state index contributed by atoms with van der Waals surface area (Å²) in [6.07, 6.45) is -0.601. The van der Waals surface area contributed by atoms with E-state index in [1.807, 2.05) is 27.7 Å². The molecular weight excluding hydrogens is 330 g/mol. The molecule has 0 saturated carbocycles. The fourth-order valence-corrected chi connectivity index (χ4v) is 3.52. The summed E-state index contributed by atoms with van der Waals surface area (Å²) in [5.41, 5.74) is 0.385. The first-order valence-corrected chi connectivity index (χ1v) is 8.41. The van der Waals surface area contributed by atoms with E-state index in [4.69, 9.17) is 28.4 Å². The second-order valence-electron chi connectivity index (χ2n) is 7.39. The number of hydrogen-bond donors (Lipinski definition) is 1. The van der Waals surface area contributed by atoms with E-state index in [-0.39, 0.29) is 12.7 Å². The number of carbonyl (C=O) groups excluding carboxylic acids is 1. The molecule has 0 radical (unpaired) electrons. The Labute approximate surface area is 145 Å². The quantitative estimate of drug-likeness (QED) is 0.825. The largest absolute Gasteiger partial charge is 0.458 e. The van der Waals surface area contributed by atoms with Gasteiger partial charge in [-0.25, -0.2) is 4.79 Å². The van der Waals surface area contributed by atoms with Crippen LogP contribution in [0.25, 0.3) is 0 Å². The molecule has 0 aromatic carbocycles.